The quantitative estimate of drug-likeness (QED) is 0.416. The third kappa shape index (κ3) is 5.53. The molecule has 8 heteroatoms. The molecule has 16 heavy (non-hydrogen) atoms. The lowest BCUT2D eigenvalue weighted by molar-refractivity contribution is -0.301. The highest BCUT2D eigenvalue weighted by Crippen LogP contribution is 2.33. The summed E-state index contributed by atoms with van der Waals surface area (Å²) >= 11 is 0. The number of unbranched alkanes of at least 4 members (excludes halogenated alkanes) is 2. The van der Waals surface area contributed by atoms with E-state index in [4.69, 9.17) is 0 Å². The molecule has 0 aromatic carbocycles. The van der Waals surface area contributed by atoms with Crippen LogP contribution < -0.4 is 5.32 Å². The lowest BCUT2D eigenvalue weighted by Crippen LogP contribution is -2.52. The third-order valence-electron chi connectivity index (χ3n) is 1.79. The highest BCUT2D eigenvalue weighted by molar-refractivity contribution is 4.74. The second-order valence-electron chi connectivity index (χ2n) is 3.22. The number of hydrogen-bond donors (Lipinski definition) is 1. The van der Waals surface area contributed by atoms with Crippen LogP contribution in [-0.4, -0.2) is 25.2 Å². The molecule has 0 amide bonds. The van der Waals surface area contributed by atoms with Crippen LogP contribution >= 0.6 is 0 Å². The van der Waals surface area contributed by atoms with Gasteiger partial charge in [0.25, 0.3) is 0 Å². The minimum absolute atomic E-state index is 0.0476. The molecule has 0 rings (SSSR count). The van der Waals surface area contributed by atoms with Crippen molar-refractivity contribution in [3.63, 3.8) is 0 Å². The molecule has 0 aromatic heterocycles. The van der Waals surface area contributed by atoms with Crippen molar-refractivity contribution in [1.82, 2.24) is 5.32 Å². The normalized spacial score (nSPS) is 15.2. The van der Waals surface area contributed by atoms with E-state index >= 15 is 0 Å². The summed E-state index contributed by atoms with van der Waals surface area (Å²) in [6, 6.07) is -5.24. The van der Waals surface area contributed by atoms with Gasteiger partial charge in [-0.1, -0.05) is 6.42 Å². The van der Waals surface area contributed by atoms with Gasteiger partial charge in [0.1, 0.15) is 0 Å². The molecular formula is C8H12F7N. The van der Waals surface area contributed by atoms with Crippen LogP contribution in [0, 0.1) is 0 Å². The average molecular weight is 255 g/mol. The minimum atomic E-state index is -5.82. The van der Waals surface area contributed by atoms with Crippen LogP contribution in [-0.2, 0) is 0 Å². The number of nitrogens with one attached hydrogen (secondary N) is 1. The first-order valence-corrected chi connectivity index (χ1v) is 4.63. The lowest BCUT2D eigenvalue weighted by Gasteiger charge is -2.22. The Balaban J connectivity index is 3.90. The van der Waals surface area contributed by atoms with Crippen LogP contribution in [0.3, 0.4) is 0 Å². The van der Waals surface area contributed by atoms with E-state index in [2.05, 4.69) is 0 Å². The number of rotatable bonds is 7. The summed E-state index contributed by atoms with van der Waals surface area (Å²) in [5, 5.41) is 0.554. The van der Waals surface area contributed by atoms with Gasteiger partial charge in [0.2, 0.25) is 0 Å². The Labute approximate surface area is 88.0 Å². The lowest BCUT2D eigenvalue weighted by atomic mass is 10.2. The zero-order chi connectivity index (χ0) is 12.8. The summed E-state index contributed by atoms with van der Waals surface area (Å²) in [5.41, 5.74) is 0. The van der Waals surface area contributed by atoms with Gasteiger partial charge in [-0.3, -0.25) is 4.39 Å². The van der Waals surface area contributed by atoms with Crippen molar-refractivity contribution < 1.29 is 30.7 Å². The van der Waals surface area contributed by atoms with Gasteiger partial charge in [0, 0.05) is 0 Å². The molecule has 0 heterocycles. The van der Waals surface area contributed by atoms with E-state index in [0.717, 1.165) is 0 Å². The predicted molar refractivity (Wildman–Crippen MR) is 43.5 cm³/mol. The van der Waals surface area contributed by atoms with E-state index in [1.165, 1.54) is 0 Å². The Morgan fingerprint density at radius 3 is 1.94 bits per heavy atom. The van der Waals surface area contributed by atoms with Crippen molar-refractivity contribution >= 4 is 0 Å². The monoisotopic (exact) mass is 255 g/mol. The Bertz CT molecular complexity index is 191. The summed E-state index contributed by atoms with van der Waals surface area (Å²) in [7, 11) is 0. The SMILES string of the molecule is FCCCCCC(F)NC(F)(F)C(F)(F)F. The molecule has 98 valence electrons. The first kappa shape index (κ1) is 15.5. The van der Waals surface area contributed by atoms with Crippen molar-refractivity contribution in [2.24, 2.45) is 0 Å². The Morgan fingerprint density at radius 1 is 0.938 bits per heavy atom. The fourth-order valence-electron chi connectivity index (χ4n) is 0.946. The van der Waals surface area contributed by atoms with Crippen molar-refractivity contribution in [3.8, 4) is 0 Å². The van der Waals surface area contributed by atoms with Gasteiger partial charge in [-0.2, -0.15) is 22.0 Å². The maximum Gasteiger partial charge on any atom is 0.469 e. The minimum Gasteiger partial charge on any atom is -0.251 e. The summed E-state index contributed by atoms with van der Waals surface area (Å²) in [5.74, 6) is 0. The van der Waals surface area contributed by atoms with Crippen molar-refractivity contribution in [3.05, 3.63) is 0 Å². The van der Waals surface area contributed by atoms with E-state index in [1.807, 2.05) is 0 Å². The van der Waals surface area contributed by atoms with E-state index in [9.17, 15) is 30.7 Å². The molecule has 0 fully saturated rings. The maximum absolute atomic E-state index is 12.7. The second kappa shape index (κ2) is 6.27. The van der Waals surface area contributed by atoms with E-state index < -0.39 is 31.6 Å². The fourth-order valence-corrected chi connectivity index (χ4v) is 0.946. The van der Waals surface area contributed by atoms with Crippen LogP contribution in [0.25, 0.3) is 0 Å². The molecule has 0 saturated heterocycles. The Morgan fingerprint density at radius 2 is 1.50 bits per heavy atom. The first-order valence-electron chi connectivity index (χ1n) is 4.63. The molecular weight excluding hydrogens is 243 g/mol. The summed E-state index contributed by atoms with van der Waals surface area (Å²) in [4.78, 5) is 0. The Hall–Kier alpha value is -0.530. The highest BCUT2D eigenvalue weighted by atomic mass is 19.4. The van der Waals surface area contributed by atoms with Gasteiger partial charge in [-0.05, 0) is 19.3 Å². The van der Waals surface area contributed by atoms with Gasteiger partial charge in [0.15, 0.2) is 6.30 Å². The maximum atomic E-state index is 12.7. The summed E-state index contributed by atoms with van der Waals surface area (Å²) in [6.07, 6.45) is -8.36. The summed E-state index contributed by atoms with van der Waals surface area (Å²) in [6.45, 7) is -0.622. The predicted octanol–water partition coefficient (Wildman–Crippen LogP) is 3.56. The molecule has 0 saturated carbocycles. The molecule has 1 N–H and O–H groups in total. The van der Waals surface area contributed by atoms with Crippen LogP contribution in [0.4, 0.5) is 30.7 Å². The molecule has 1 nitrogen and oxygen atoms in total. The molecule has 0 bridgehead atoms. The molecule has 0 radical (unpaired) electrons. The van der Waals surface area contributed by atoms with E-state index in [-0.39, 0.29) is 19.3 Å². The average Bonchev–Trinajstić information content (AvgIpc) is 2.10. The van der Waals surface area contributed by atoms with Crippen molar-refractivity contribution in [2.75, 3.05) is 6.67 Å². The smallest absolute Gasteiger partial charge is 0.251 e. The van der Waals surface area contributed by atoms with Crippen molar-refractivity contribution in [1.29, 1.82) is 0 Å². The van der Waals surface area contributed by atoms with Gasteiger partial charge < -0.3 is 0 Å². The van der Waals surface area contributed by atoms with Gasteiger partial charge in [0.05, 0.1) is 6.67 Å². The largest absolute Gasteiger partial charge is 0.469 e. The Kier molecular flexibility index (Phi) is 6.06. The molecule has 0 aliphatic heterocycles. The summed E-state index contributed by atoms with van der Waals surface area (Å²) < 4.78 is 83.5. The van der Waals surface area contributed by atoms with Crippen LogP contribution in [0.2, 0.25) is 0 Å². The zero-order valence-corrected chi connectivity index (χ0v) is 8.26. The standard InChI is InChI=1S/C8H12F7N/c9-5-3-1-2-4-6(10)16-8(14,15)7(11,12)13/h6,16H,1-5H2. The molecule has 1 unspecified atom stereocenters. The highest BCUT2D eigenvalue weighted by Gasteiger charge is 2.58. The number of halogens is 7. The van der Waals surface area contributed by atoms with Gasteiger partial charge in [-0.15, -0.1) is 0 Å². The van der Waals surface area contributed by atoms with Crippen LogP contribution in [0.5, 0.6) is 0 Å². The topological polar surface area (TPSA) is 12.0 Å². The van der Waals surface area contributed by atoms with Gasteiger partial charge in [-0.25, -0.2) is 9.71 Å². The van der Waals surface area contributed by atoms with Crippen molar-refractivity contribution in [2.45, 2.75) is 44.2 Å². The molecule has 1 atom stereocenters. The zero-order valence-electron chi connectivity index (χ0n) is 8.26. The third-order valence-corrected chi connectivity index (χ3v) is 1.79. The number of alkyl halides is 7. The molecule has 0 aliphatic rings. The molecule has 0 aromatic rings. The van der Waals surface area contributed by atoms with Gasteiger partial charge >= 0.3 is 12.2 Å². The van der Waals surface area contributed by atoms with Crippen LogP contribution in [0.1, 0.15) is 25.7 Å². The fraction of sp³-hybridized carbons (Fsp3) is 1.00. The first-order chi connectivity index (χ1) is 7.20. The van der Waals surface area contributed by atoms with Crippen LogP contribution in [0.15, 0.2) is 0 Å². The van der Waals surface area contributed by atoms with E-state index in [0.29, 0.717) is 5.32 Å². The second-order valence-corrected chi connectivity index (χ2v) is 3.22. The molecule has 0 spiro atoms. The molecule has 0 aliphatic carbocycles. The van der Waals surface area contributed by atoms with E-state index in [1.54, 1.807) is 0 Å². The number of hydrogen-bond acceptors (Lipinski definition) is 1.